The van der Waals surface area contributed by atoms with E-state index in [0.717, 1.165) is 0 Å². The summed E-state index contributed by atoms with van der Waals surface area (Å²) >= 11 is 0. The Bertz CT molecular complexity index is 1740. The van der Waals surface area contributed by atoms with Crippen LogP contribution in [-0.4, -0.2) is 155 Å². The predicted molar refractivity (Wildman–Crippen MR) is 197 cm³/mol. The van der Waals surface area contributed by atoms with Crippen molar-refractivity contribution in [2.75, 3.05) is 13.7 Å². The minimum Gasteiger partial charge on any atom is -0.445 e. The first-order chi connectivity index (χ1) is 28.3. The molecule has 2 aromatic carbocycles. The second-order valence-electron chi connectivity index (χ2n) is 15.5. The third kappa shape index (κ3) is 9.41. The van der Waals surface area contributed by atoms with Crippen LogP contribution in [0.25, 0.3) is 0 Å². The lowest BCUT2D eigenvalue weighted by molar-refractivity contribution is -0.374. The van der Waals surface area contributed by atoms with E-state index in [1.807, 2.05) is 12.1 Å². The SMILES string of the molecule is CC1C[C@@H]2OC(O[C@H]3OC(CO)[C@@H](N)[C@H](O)C3O)C3C(OC(=O)N3C)C2O[C@@H]1O[C@@H]1C(NC(=O)OCc2ccccc2)C[C@@H](NC(=O)OCc2ccccc2)C(O)[C@H]1F. The molecule has 20 heteroatoms. The maximum atomic E-state index is 16.5. The van der Waals surface area contributed by atoms with Gasteiger partial charge < -0.3 is 74.7 Å². The van der Waals surface area contributed by atoms with E-state index in [4.69, 9.17) is 43.6 Å². The highest BCUT2D eigenvalue weighted by Gasteiger charge is 2.60. The standard InChI is InChI=1S/C39H51FN4O15/c1-18-13-23-32(33-27(44(2)39(51)58-33)35(54-23)59-36-30(48)29(47)26(41)24(15-45)55-36)57-34(18)56-31-22(43-38(50)53-17-20-11-7-4-8-12-20)14-21(28(46)25(31)40)42-37(49)52-16-19-9-5-3-6-10-19/h3-12,18,21-36,45-48H,13-17,41H2,1-2H3,(H,42,49)(H,43,50)/t18?,21-,22?,23+,24?,25-,26-,27?,28?,29+,30?,31-,32?,33?,34+,35?,36-/m1/s1. The van der Waals surface area contributed by atoms with Crippen molar-refractivity contribution >= 4 is 18.3 Å². The van der Waals surface area contributed by atoms with Gasteiger partial charge >= 0.3 is 18.3 Å². The number of carbonyl (C=O) groups is 3. The first kappa shape index (κ1) is 42.9. The number of aliphatic hydroxyl groups excluding tert-OH is 4. The van der Waals surface area contributed by atoms with Crippen molar-refractivity contribution in [1.82, 2.24) is 15.5 Å². The van der Waals surface area contributed by atoms with Gasteiger partial charge in [0.15, 0.2) is 31.1 Å². The zero-order chi connectivity index (χ0) is 42.0. The zero-order valence-electron chi connectivity index (χ0n) is 32.3. The van der Waals surface area contributed by atoms with Crippen LogP contribution >= 0.6 is 0 Å². The number of fused-ring (bicyclic) bond motifs is 3. The van der Waals surface area contributed by atoms with Crippen molar-refractivity contribution in [2.45, 2.75) is 131 Å². The van der Waals surface area contributed by atoms with Gasteiger partial charge in [0, 0.05) is 13.0 Å². The number of nitrogens with two attached hydrogens (primary N) is 1. The minimum absolute atomic E-state index is 0.0747. The van der Waals surface area contributed by atoms with Crippen LogP contribution in [0.2, 0.25) is 0 Å². The number of hydrogen-bond donors (Lipinski definition) is 7. The summed E-state index contributed by atoms with van der Waals surface area (Å²) in [6.45, 7) is 1.01. The van der Waals surface area contributed by atoms with Crippen molar-refractivity contribution < 1.29 is 77.1 Å². The molecule has 1 aliphatic carbocycles. The van der Waals surface area contributed by atoms with Gasteiger partial charge in [-0.05, 0) is 24.0 Å². The van der Waals surface area contributed by atoms with Crippen LogP contribution < -0.4 is 16.4 Å². The molecule has 5 aliphatic rings. The molecule has 8 N–H and O–H groups in total. The van der Waals surface area contributed by atoms with Crippen LogP contribution in [0.15, 0.2) is 60.7 Å². The number of ether oxygens (including phenoxy) is 8. The van der Waals surface area contributed by atoms with E-state index in [1.54, 1.807) is 55.5 Å². The van der Waals surface area contributed by atoms with Crippen LogP contribution in [0, 0.1) is 5.92 Å². The van der Waals surface area contributed by atoms with Gasteiger partial charge in [-0.3, -0.25) is 4.90 Å². The summed E-state index contributed by atoms with van der Waals surface area (Å²) in [4.78, 5) is 40.1. The van der Waals surface area contributed by atoms with Gasteiger partial charge in [0.2, 0.25) is 0 Å². The maximum absolute atomic E-state index is 16.5. The van der Waals surface area contributed by atoms with Gasteiger partial charge in [-0.25, -0.2) is 18.8 Å². The molecule has 0 radical (unpaired) electrons. The number of alkyl carbamates (subject to hydrolysis) is 2. The molecule has 324 valence electrons. The Hall–Kier alpha value is -4.22. The quantitative estimate of drug-likeness (QED) is 0.149. The Morgan fingerprint density at radius 3 is 2.03 bits per heavy atom. The summed E-state index contributed by atoms with van der Waals surface area (Å²) in [5.74, 6) is -0.530. The lowest BCUT2D eigenvalue weighted by atomic mass is 9.84. The topological polar surface area (TPSA) is 259 Å². The molecular weight excluding hydrogens is 783 g/mol. The van der Waals surface area contributed by atoms with E-state index in [0.29, 0.717) is 11.1 Å². The highest BCUT2D eigenvalue weighted by molar-refractivity contribution is 5.71. The fraction of sp³-hybridized carbons (Fsp3) is 0.615. The molecule has 17 atom stereocenters. The van der Waals surface area contributed by atoms with E-state index in [1.165, 1.54) is 11.9 Å². The van der Waals surface area contributed by atoms with E-state index in [-0.39, 0.29) is 26.1 Å². The lowest BCUT2D eigenvalue weighted by Crippen LogP contribution is -2.68. The summed E-state index contributed by atoms with van der Waals surface area (Å²) in [5.41, 5.74) is 7.31. The van der Waals surface area contributed by atoms with Gasteiger partial charge in [-0.1, -0.05) is 67.6 Å². The molecule has 0 bridgehead atoms. The average molecular weight is 835 g/mol. The molecule has 0 spiro atoms. The van der Waals surface area contributed by atoms with Gasteiger partial charge in [0.25, 0.3) is 0 Å². The van der Waals surface area contributed by atoms with Crippen LogP contribution in [-0.2, 0) is 51.1 Å². The molecule has 2 aromatic rings. The van der Waals surface area contributed by atoms with Crippen molar-refractivity contribution in [3.05, 3.63) is 71.8 Å². The third-order valence-electron chi connectivity index (χ3n) is 11.4. The third-order valence-corrected chi connectivity index (χ3v) is 11.4. The van der Waals surface area contributed by atoms with Crippen LogP contribution in [0.1, 0.15) is 30.9 Å². The number of rotatable bonds is 11. The fourth-order valence-corrected chi connectivity index (χ4v) is 8.14. The Balaban J connectivity index is 1.05. The molecule has 3 amide bonds. The van der Waals surface area contributed by atoms with Crippen molar-refractivity contribution in [3.8, 4) is 0 Å². The largest absolute Gasteiger partial charge is 0.445 e. The van der Waals surface area contributed by atoms with Crippen molar-refractivity contribution in [1.29, 1.82) is 0 Å². The molecule has 19 nitrogen and oxygen atoms in total. The number of alkyl halides is 1. The zero-order valence-corrected chi connectivity index (χ0v) is 32.3. The Kier molecular flexibility index (Phi) is 13.5. The molecule has 9 unspecified atom stereocenters. The van der Waals surface area contributed by atoms with Gasteiger partial charge in [-0.2, -0.15) is 0 Å². The number of nitrogens with one attached hydrogen (secondary N) is 2. The van der Waals surface area contributed by atoms with E-state index >= 15 is 4.39 Å². The first-order valence-corrected chi connectivity index (χ1v) is 19.5. The first-order valence-electron chi connectivity index (χ1n) is 19.5. The molecule has 0 aromatic heterocycles. The number of nitrogens with zero attached hydrogens (tertiary/aromatic N) is 1. The Morgan fingerprint density at radius 1 is 0.814 bits per heavy atom. The minimum atomic E-state index is -2.17. The maximum Gasteiger partial charge on any atom is 0.410 e. The summed E-state index contributed by atoms with van der Waals surface area (Å²) in [6.07, 6.45) is -19.0. The monoisotopic (exact) mass is 834 g/mol. The number of halogens is 1. The Labute approximate surface area is 338 Å². The molecule has 4 saturated heterocycles. The molecule has 5 fully saturated rings. The fourth-order valence-electron chi connectivity index (χ4n) is 8.14. The van der Waals surface area contributed by atoms with Gasteiger partial charge in [0.05, 0.1) is 30.8 Å². The summed E-state index contributed by atoms with van der Waals surface area (Å²) in [5, 5.41) is 47.3. The molecule has 7 rings (SSSR count). The van der Waals surface area contributed by atoms with Crippen LogP contribution in [0.3, 0.4) is 0 Å². The van der Waals surface area contributed by atoms with Crippen LogP contribution in [0.4, 0.5) is 18.8 Å². The van der Waals surface area contributed by atoms with E-state index in [9.17, 15) is 34.8 Å². The second-order valence-corrected chi connectivity index (χ2v) is 15.5. The molecule has 4 heterocycles. The van der Waals surface area contributed by atoms with E-state index in [2.05, 4.69) is 10.6 Å². The summed E-state index contributed by atoms with van der Waals surface area (Å²) < 4.78 is 63.6. The van der Waals surface area contributed by atoms with Gasteiger partial charge in [-0.15, -0.1) is 0 Å². The molecule has 59 heavy (non-hydrogen) atoms. The summed E-state index contributed by atoms with van der Waals surface area (Å²) in [6, 6.07) is 13.3. The number of carbonyl (C=O) groups excluding carboxylic acids is 3. The average Bonchev–Trinajstić information content (AvgIpc) is 3.54. The van der Waals surface area contributed by atoms with Crippen molar-refractivity contribution in [3.63, 3.8) is 0 Å². The molecular formula is C39H51FN4O15. The Morgan fingerprint density at radius 2 is 1.42 bits per heavy atom. The number of hydrogen-bond acceptors (Lipinski definition) is 16. The van der Waals surface area contributed by atoms with Crippen LogP contribution in [0.5, 0.6) is 0 Å². The van der Waals surface area contributed by atoms with Gasteiger partial charge in [0.1, 0.15) is 55.9 Å². The highest BCUT2D eigenvalue weighted by atomic mass is 19.1. The van der Waals surface area contributed by atoms with E-state index < -0.39 is 129 Å². The predicted octanol–water partition coefficient (Wildman–Crippen LogP) is 0.142. The second kappa shape index (κ2) is 18.6. The number of aliphatic hydroxyl groups is 4. The smallest absolute Gasteiger partial charge is 0.410 e. The lowest BCUT2D eigenvalue weighted by Gasteiger charge is -2.51. The number of likely N-dealkylation sites (N-methyl/N-ethyl adjacent to an activating group) is 1. The molecule has 1 saturated carbocycles. The highest BCUT2D eigenvalue weighted by Crippen LogP contribution is 2.42. The summed E-state index contributed by atoms with van der Waals surface area (Å²) in [7, 11) is 1.44. The molecule has 4 aliphatic heterocycles. The van der Waals surface area contributed by atoms with Crippen molar-refractivity contribution in [2.24, 2.45) is 11.7 Å². The number of amides is 3. The number of benzene rings is 2. The normalized spacial score (nSPS) is 39.3.